The number of aromatic amines is 1. The van der Waals surface area contributed by atoms with E-state index in [0.717, 1.165) is 23.2 Å². The Bertz CT molecular complexity index is 647. The van der Waals surface area contributed by atoms with Crippen molar-refractivity contribution in [3.8, 4) is 11.4 Å². The lowest BCUT2D eigenvalue weighted by Crippen LogP contribution is -1.99. The lowest BCUT2D eigenvalue weighted by atomic mass is 10.1. The zero-order valence-electron chi connectivity index (χ0n) is 10.7. The predicted octanol–water partition coefficient (Wildman–Crippen LogP) is 4.12. The van der Waals surface area contributed by atoms with E-state index in [1.807, 2.05) is 6.92 Å². The summed E-state index contributed by atoms with van der Waals surface area (Å²) in [6.45, 7) is 5.77. The molecule has 0 aliphatic rings. The second-order valence-electron chi connectivity index (χ2n) is 4.31. The molecule has 1 N–H and O–H groups in total. The lowest BCUT2D eigenvalue weighted by Gasteiger charge is -2.08. The van der Waals surface area contributed by atoms with Gasteiger partial charge in [0.25, 0.3) is 0 Å². The van der Waals surface area contributed by atoms with Crippen molar-refractivity contribution in [3.63, 3.8) is 0 Å². The molecule has 1 aromatic heterocycles. The zero-order chi connectivity index (χ0) is 13.3. The highest BCUT2D eigenvalue weighted by Crippen LogP contribution is 2.20. The number of H-pyrrole nitrogens is 1. The van der Waals surface area contributed by atoms with E-state index in [-0.39, 0.29) is 5.82 Å². The van der Waals surface area contributed by atoms with E-state index in [2.05, 4.69) is 16.9 Å². The Labute approximate surface area is 111 Å². The molecule has 0 aliphatic heterocycles. The van der Waals surface area contributed by atoms with Crippen LogP contribution in [0.25, 0.3) is 11.4 Å². The number of rotatable bonds is 2. The topological polar surface area (TPSA) is 28.7 Å². The molecule has 0 unspecified atom stereocenters. The van der Waals surface area contributed by atoms with Crippen molar-refractivity contribution in [3.05, 3.63) is 45.5 Å². The first kappa shape index (κ1) is 12.9. The van der Waals surface area contributed by atoms with Gasteiger partial charge in [0.05, 0.1) is 0 Å². The molecule has 18 heavy (non-hydrogen) atoms. The molecule has 2 rings (SSSR count). The van der Waals surface area contributed by atoms with E-state index in [4.69, 9.17) is 12.2 Å². The van der Waals surface area contributed by atoms with Crippen molar-refractivity contribution in [2.24, 2.45) is 0 Å². The van der Waals surface area contributed by atoms with E-state index in [1.165, 1.54) is 6.07 Å². The predicted molar refractivity (Wildman–Crippen MR) is 73.7 cm³/mol. The quantitative estimate of drug-likeness (QED) is 0.825. The summed E-state index contributed by atoms with van der Waals surface area (Å²) in [5.41, 5.74) is 3.54. The van der Waals surface area contributed by atoms with Crippen molar-refractivity contribution >= 4 is 12.2 Å². The highest BCUT2D eigenvalue weighted by Gasteiger charge is 2.07. The second-order valence-corrected chi connectivity index (χ2v) is 4.70. The van der Waals surface area contributed by atoms with Crippen LogP contribution in [0, 0.1) is 24.3 Å². The number of hydrogen-bond donors (Lipinski definition) is 1. The molecule has 0 atom stereocenters. The number of benzene rings is 1. The fourth-order valence-corrected chi connectivity index (χ4v) is 2.34. The normalized spacial score (nSPS) is 10.7. The summed E-state index contributed by atoms with van der Waals surface area (Å²) in [6.07, 6.45) is 0.858. The average Bonchev–Trinajstić information content (AvgIpc) is 2.32. The van der Waals surface area contributed by atoms with Gasteiger partial charge in [0, 0.05) is 16.8 Å². The van der Waals surface area contributed by atoms with Crippen LogP contribution in [0.5, 0.6) is 0 Å². The third kappa shape index (κ3) is 2.34. The third-order valence-corrected chi connectivity index (χ3v) is 3.35. The molecule has 2 aromatic rings. The molecule has 0 aliphatic carbocycles. The second kappa shape index (κ2) is 4.98. The Morgan fingerprint density at radius 3 is 2.61 bits per heavy atom. The summed E-state index contributed by atoms with van der Waals surface area (Å²) in [5, 5.41) is 0. The Hall–Kier alpha value is -1.55. The number of halogens is 1. The van der Waals surface area contributed by atoms with Crippen LogP contribution in [0.2, 0.25) is 0 Å². The van der Waals surface area contributed by atoms with Gasteiger partial charge >= 0.3 is 0 Å². The zero-order valence-corrected chi connectivity index (χ0v) is 11.5. The van der Waals surface area contributed by atoms with E-state index < -0.39 is 0 Å². The summed E-state index contributed by atoms with van der Waals surface area (Å²) in [7, 11) is 0. The fraction of sp³-hybridized carbons (Fsp3) is 0.286. The molecule has 2 nitrogen and oxygen atoms in total. The highest BCUT2D eigenvalue weighted by molar-refractivity contribution is 7.71. The molecular weight excluding hydrogens is 247 g/mol. The van der Waals surface area contributed by atoms with E-state index in [9.17, 15) is 4.39 Å². The minimum atomic E-state index is -0.209. The lowest BCUT2D eigenvalue weighted by molar-refractivity contribution is 0.618. The minimum Gasteiger partial charge on any atom is -0.343 e. The van der Waals surface area contributed by atoms with Gasteiger partial charge in [-0.05, 0) is 44.0 Å². The summed E-state index contributed by atoms with van der Waals surface area (Å²) in [5.74, 6) is 0.483. The first-order valence-corrected chi connectivity index (χ1v) is 6.30. The highest BCUT2D eigenvalue weighted by atomic mass is 32.1. The summed E-state index contributed by atoms with van der Waals surface area (Å²) in [4.78, 5) is 7.61. The van der Waals surface area contributed by atoms with Gasteiger partial charge in [-0.1, -0.05) is 19.1 Å². The molecule has 0 radical (unpaired) electrons. The van der Waals surface area contributed by atoms with E-state index in [1.54, 1.807) is 19.1 Å². The number of nitrogens with one attached hydrogen (secondary N) is 1. The van der Waals surface area contributed by atoms with E-state index in [0.29, 0.717) is 16.0 Å². The van der Waals surface area contributed by atoms with Crippen LogP contribution in [0.1, 0.15) is 23.7 Å². The minimum absolute atomic E-state index is 0.209. The smallest absolute Gasteiger partial charge is 0.139 e. The maximum atomic E-state index is 13.2. The summed E-state index contributed by atoms with van der Waals surface area (Å²) in [6, 6.07) is 4.93. The monoisotopic (exact) mass is 262 g/mol. The number of aromatic nitrogens is 2. The summed E-state index contributed by atoms with van der Waals surface area (Å²) < 4.78 is 13.9. The molecule has 1 aromatic carbocycles. The third-order valence-electron chi connectivity index (χ3n) is 3.02. The Morgan fingerprint density at radius 1 is 1.33 bits per heavy atom. The molecule has 0 bridgehead atoms. The fourth-order valence-electron chi connectivity index (χ4n) is 1.96. The van der Waals surface area contributed by atoms with Gasteiger partial charge < -0.3 is 4.98 Å². The van der Waals surface area contributed by atoms with Crippen molar-refractivity contribution in [1.29, 1.82) is 0 Å². The van der Waals surface area contributed by atoms with Crippen LogP contribution in [-0.4, -0.2) is 9.97 Å². The van der Waals surface area contributed by atoms with Crippen LogP contribution in [0.4, 0.5) is 4.39 Å². The number of nitrogens with zero attached hydrogens (tertiary/aromatic N) is 1. The van der Waals surface area contributed by atoms with Gasteiger partial charge in [-0.15, -0.1) is 0 Å². The molecule has 4 heteroatoms. The molecule has 0 saturated heterocycles. The van der Waals surface area contributed by atoms with Crippen LogP contribution in [-0.2, 0) is 6.42 Å². The molecule has 0 spiro atoms. The van der Waals surface area contributed by atoms with Crippen LogP contribution in [0.3, 0.4) is 0 Å². The molecule has 1 heterocycles. The van der Waals surface area contributed by atoms with Crippen LogP contribution >= 0.6 is 12.2 Å². The van der Waals surface area contributed by atoms with Gasteiger partial charge in [-0.25, -0.2) is 9.37 Å². The first-order valence-electron chi connectivity index (χ1n) is 5.89. The molecule has 0 amide bonds. The Morgan fingerprint density at radius 2 is 2.06 bits per heavy atom. The number of hydrogen-bond acceptors (Lipinski definition) is 2. The molecule has 0 saturated carbocycles. The van der Waals surface area contributed by atoms with Gasteiger partial charge in [0.15, 0.2) is 0 Å². The largest absolute Gasteiger partial charge is 0.343 e. The van der Waals surface area contributed by atoms with Crippen LogP contribution in [0.15, 0.2) is 18.2 Å². The number of aryl methyl sites for hydroxylation is 2. The Balaban J connectivity index is 2.58. The van der Waals surface area contributed by atoms with Gasteiger partial charge in [-0.3, -0.25) is 0 Å². The first-order chi connectivity index (χ1) is 8.52. The summed E-state index contributed by atoms with van der Waals surface area (Å²) >= 11 is 5.28. The maximum absolute atomic E-state index is 13.2. The van der Waals surface area contributed by atoms with Gasteiger partial charge in [-0.2, -0.15) is 0 Å². The maximum Gasteiger partial charge on any atom is 0.139 e. The van der Waals surface area contributed by atoms with Crippen molar-refractivity contribution in [2.75, 3.05) is 0 Å². The Kier molecular flexibility index (Phi) is 3.57. The van der Waals surface area contributed by atoms with Crippen LogP contribution < -0.4 is 0 Å². The standard InChI is InChI=1S/C14H15FN2S/c1-4-11-9(3)16-13(17-14(11)18)10-5-6-12(15)8(2)7-10/h5-7H,4H2,1-3H3,(H,16,17,18). The van der Waals surface area contributed by atoms with Gasteiger partial charge in [0.1, 0.15) is 16.3 Å². The molecule has 0 fully saturated rings. The van der Waals surface area contributed by atoms with Crippen molar-refractivity contribution in [2.45, 2.75) is 27.2 Å². The van der Waals surface area contributed by atoms with E-state index >= 15 is 0 Å². The molecule has 94 valence electrons. The molecular formula is C14H15FN2S. The van der Waals surface area contributed by atoms with Gasteiger partial charge in [0.2, 0.25) is 0 Å². The van der Waals surface area contributed by atoms with Crippen molar-refractivity contribution < 1.29 is 4.39 Å². The SMILES string of the molecule is CCc1c(C)[nH]c(-c2ccc(F)c(C)c2)nc1=S. The van der Waals surface area contributed by atoms with Crippen molar-refractivity contribution in [1.82, 2.24) is 9.97 Å². The average molecular weight is 262 g/mol.